The molecule has 1 unspecified atom stereocenters. The number of benzene rings is 1. The van der Waals surface area contributed by atoms with Crippen LogP contribution in [0.25, 0.3) is 0 Å². The third kappa shape index (κ3) is 1.88. The van der Waals surface area contributed by atoms with E-state index < -0.39 is 0 Å². The van der Waals surface area contributed by atoms with Crippen LogP contribution in [0.15, 0.2) is 23.1 Å². The van der Waals surface area contributed by atoms with E-state index in [-0.39, 0.29) is 11.2 Å². The topological polar surface area (TPSA) is 72.3 Å². The monoisotopic (exact) mass is 237 g/mol. The van der Waals surface area contributed by atoms with Gasteiger partial charge >= 0.3 is 0 Å². The fraction of sp³-hybridized carbons (Fsp3) is 0.364. The van der Waals surface area contributed by atoms with E-state index in [2.05, 4.69) is 0 Å². The van der Waals surface area contributed by atoms with Crippen LogP contribution in [0, 0.1) is 0 Å². The van der Waals surface area contributed by atoms with E-state index in [0.29, 0.717) is 18.8 Å². The van der Waals surface area contributed by atoms with Gasteiger partial charge in [0.1, 0.15) is 0 Å². The zero-order chi connectivity index (χ0) is 11.7. The van der Waals surface area contributed by atoms with Crippen LogP contribution in [-0.4, -0.2) is 24.2 Å². The first-order chi connectivity index (χ1) is 7.63. The van der Waals surface area contributed by atoms with Gasteiger partial charge in [-0.25, -0.2) is 0 Å². The molecule has 5 heteroatoms. The molecule has 0 saturated heterocycles. The minimum Gasteiger partial charge on any atom is -0.399 e. The molecule has 0 aromatic heterocycles. The number of carbonyl (C=O) groups excluding carboxylic acids is 1. The van der Waals surface area contributed by atoms with Gasteiger partial charge in [-0.2, -0.15) is 0 Å². The highest BCUT2D eigenvalue weighted by Gasteiger charge is 2.30. The first-order valence-corrected chi connectivity index (χ1v) is 6.09. The lowest BCUT2D eigenvalue weighted by Gasteiger charge is -2.32. The van der Waals surface area contributed by atoms with E-state index >= 15 is 0 Å². The average Bonchev–Trinajstić information content (AvgIpc) is 2.26. The van der Waals surface area contributed by atoms with Crippen molar-refractivity contribution in [1.82, 2.24) is 0 Å². The predicted octanol–water partition coefficient (Wildman–Crippen LogP) is 1.05. The van der Waals surface area contributed by atoms with Crippen molar-refractivity contribution in [3.8, 4) is 0 Å². The summed E-state index contributed by atoms with van der Waals surface area (Å²) in [6, 6.07) is 5.65. The molecule has 1 atom stereocenters. The van der Waals surface area contributed by atoms with Gasteiger partial charge in [0.25, 0.3) is 0 Å². The Kier molecular flexibility index (Phi) is 3.07. The number of hydrogen-bond acceptors (Lipinski definition) is 4. The van der Waals surface area contributed by atoms with Crippen LogP contribution in [-0.2, 0) is 4.79 Å². The summed E-state index contributed by atoms with van der Waals surface area (Å²) in [7, 11) is 0. The molecule has 1 amide bonds. The molecule has 0 aliphatic carbocycles. The Hall–Kier alpha value is -1.20. The van der Waals surface area contributed by atoms with E-state index in [1.807, 2.05) is 25.1 Å². The van der Waals surface area contributed by atoms with Crippen molar-refractivity contribution < 1.29 is 4.79 Å². The van der Waals surface area contributed by atoms with Crippen molar-refractivity contribution in [2.45, 2.75) is 17.1 Å². The Bertz CT molecular complexity index is 422. The standard InChI is InChI=1S/C11H15N3OS/c1-7-11(15)14(5-4-12)9-6-8(13)2-3-10(9)16-7/h2-3,6-7H,4-5,12-13H2,1H3. The lowest BCUT2D eigenvalue weighted by molar-refractivity contribution is -0.118. The van der Waals surface area contributed by atoms with Crippen LogP contribution in [0.4, 0.5) is 11.4 Å². The van der Waals surface area contributed by atoms with Gasteiger partial charge in [-0.05, 0) is 25.1 Å². The fourth-order valence-corrected chi connectivity index (χ4v) is 2.83. The highest BCUT2D eigenvalue weighted by molar-refractivity contribution is 8.00. The smallest absolute Gasteiger partial charge is 0.240 e. The van der Waals surface area contributed by atoms with Crippen molar-refractivity contribution >= 4 is 29.0 Å². The summed E-state index contributed by atoms with van der Waals surface area (Å²) < 4.78 is 0. The molecule has 4 nitrogen and oxygen atoms in total. The van der Waals surface area contributed by atoms with Crippen molar-refractivity contribution in [1.29, 1.82) is 0 Å². The quantitative estimate of drug-likeness (QED) is 0.754. The second-order valence-electron chi connectivity index (χ2n) is 3.77. The number of rotatable bonds is 2. The minimum absolute atomic E-state index is 0.0531. The van der Waals surface area contributed by atoms with Gasteiger partial charge in [-0.15, -0.1) is 11.8 Å². The third-order valence-corrected chi connectivity index (χ3v) is 3.70. The number of thioether (sulfide) groups is 1. The van der Waals surface area contributed by atoms with Gasteiger partial charge in [-0.3, -0.25) is 4.79 Å². The lowest BCUT2D eigenvalue weighted by Crippen LogP contribution is -2.42. The first-order valence-electron chi connectivity index (χ1n) is 5.21. The van der Waals surface area contributed by atoms with Crippen LogP contribution >= 0.6 is 11.8 Å². The van der Waals surface area contributed by atoms with Crippen molar-refractivity contribution in [3.63, 3.8) is 0 Å². The Morgan fingerprint density at radius 3 is 2.94 bits per heavy atom. The number of nitrogen functional groups attached to an aromatic ring is 1. The number of amides is 1. The van der Waals surface area contributed by atoms with E-state index in [9.17, 15) is 4.79 Å². The molecule has 0 radical (unpaired) electrons. The Balaban J connectivity index is 2.45. The molecule has 1 heterocycles. The zero-order valence-corrected chi connectivity index (χ0v) is 9.96. The summed E-state index contributed by atoms with van der Waals surface area (Å²) >= 11 is 1.57. The molecular weight excluding hydrogens is 222 g/mol. The minimum atomic E-state index is -0.0531. The molecule has 0 spiro atoms. The molecule has 0 fully saturated rings. The average molecular weight is 237 g/mol. The summed E-state index contributed by atoms with van der Waals surface area (Å²) in [5, 5.41) is -0.0531. The molecule has 1 aromatic rings. The predicted molar refractivity (Wildman–Crippen MR) is 67.6 cm³/mol. The lowest BCUT2D eigenvalue weighted by atomic mass is 10.2. The van der Waals surface area contributed by atoms with Gasteiger partial charge in [0.15, 0.2) is 0 Å². The van der Waals surface area contributed by atoms with E-state index in [0.717, 1.165) is 10.6 Å². The van der Waals surface area contributed by atoms with Gasteiger partial charge in [0.05, 0.1) is 10.9 Å². The number of nitrogens with zero attached hydrogens (tertiary/aromatic N) is 1. The highest BCUT2D eigenvalue weighted by atomic mass is 32.2. The van der Waals surface area contributed by atoms with Gasteiger partial charge < -0.3 is 16.4 Å². The summed E-state index contributed by atoms with van der Waals surface area (Å²) in [5.74, 6) is 0.105. The van der Waals surface area contributed by atoms with Crippen LogP contribution in [0.3, 0.4) is 0 Å². The third-order valence-electron chi connectivity index (χ3n) is 2.54. The number of nitrogens with two attached hydrogens (primary N) is 2. The molecule has 1 aliphatic rings. The van der Waals surface area contributed by atoms with Crippen LogP contribution in [0.2, 0.25) is 0 Å². The summed E-state index contributed by atoms with van der Waals surface area (Å²) in [6.45, 7) is 2.91. The van der Waals surface area contributed by atoms with Crippen molar-refractivity contribution in [2.75, 3.05) is 23.7 Å². The van der Waals surface area contributed by atoms with Gasteiger partial charge in [-0.1, -0.05) is 0 Å². The molecular formula is C11H15N3OS. The molecule has 2 rings (SSSR count). The van der Waals surface area contributed by atoms with E-state index in [1.165, 1.54) is 0 Å². The maximum Gasteiger partial charge on any atom is 0.240 e. The van der Waals surface area contributed by atoms with E-state index in [1.54, 1.807) is 16.7 Å². The maximum atomic E-state index is 12.0. The Morgan fingerprint density at radius 2 is 2.25 bits per heavy atom. The number of anilines is 2. The van der Waals surface area contributed by atoms with Gasteiger partial charge in [0.2, 0.25) is 5.91 Å². The van der Waals surface area contributed by atoms with Crippen LogP contribution in [0.5, 0.6) is 0 Å². The van der Waals surface area contributed by atoms with Crippen molar-refractivity contribution in [2.24, 2.45) is 5.73 Å². The van der Waals surface area contributed by atoms with Crippen LogP contribution in [0.1, 0.15) is 6.92 Å². The molecule has 16 heavy (non-hydrogen) atoms. The molecule has 86 valence electrons. The number of carbonyl (C=O) groups is 1. The highest BCUT2D eigenvalue weighted by Crippen LogP contribution is 2.39. The zero-order valence-electron chi connectivity index (χ0n) is 9.14. The molecule has 0 saturated carbocycles. The molecule has 1 aliphatic heterocycles. The summed E-state index contributed by atoms with van der Waals surface area (Å²) in [6.07, 6.45) is 0. The SMILES string of the molecule is CC1Sc2ccc(N)cc2N(CCN)C1=O. The molecule has 1 aromatic carbocycles. The molecule has 4 N–H and O–H groups in total. The second kappa shape index (κ2) is 4.35. The summed E-state index contributed by atoms with van der Waals surface area (Å²) in [4.78, 5) is 14.8. The Morgan fingerprint density at radius 1 is 1.50 bits per heavy atom. The van der Waals surface area contributed by atoms with Gasteiger partial charge in [0, 0.05) is 23.7 Å². The number of hydrogen-bond donors (Lipinski definition) is 2. The molecule has 0 bridgehead atoms. The summed E-state index contributed by atoms with van der Waals surface area (Å²) in [5.41, 5.74) is 12.8. The number of fused-ring (bicyclic) bond motifs is 1. The largest absolute Gasteiger partial charge is 0.399 e. The first kappa shape index (κ1) is 11.3. The van der Waals surface area contributed by atoms with Crippen molar-refractivity contribution in [3.05, 3.63) is 18.2 Å². The fourth-order valence-electron chi connectivity index (χ4n) is 1.78. The second-order valence-corrected chi connectivity index (χ2v) is 5.15. The Labute approximate surface area is 99.0 Å². The maximum absolute atomic E-state index is 12.0. The van der Waals surface area contributed by atoms with Crippen LogP contribution < -0.4 is 16.4 Å². The van der Waals surface area contributed by atoms with E-state index in [4.69, 9.17) is 11.5 Å². The normalized spacial score (nSPS) is 19.8.